The van der Waals surface area contributed by atoms with Crippen LogP contribution in [0, 0.1) is 6.92 Å². The number of nitrogens with one attached hydrogen (secondary N) is 1. The number of halogens is 1. The Bertz CT molecular complexity index is 942. The molecule has 5 nitrogen and oxygen atoms in total. The zero-order valence-electron chi connectivity index (χ0n) is 13.5. The number of aromatic nitrogens is 3. The molecule has 3 heterocycles. The van der Waals surface area contributed by atoms with Crippen LogP contribution < -0.4 is 5.32 Å². The van der Waals surface area contributed by atoms with E-state index in [1.165, 1.54) is 11.3 Å². The van der Waals surface area contributed by atoms with E-state index in [0.29, 0.717) is 18.0 Å². The van der Waals surface area contributed by atoms with E-state index in [9.17, 15) is 4.79 Å². The third-order valence-corrected chi connectivity index (χ3v) is 5.51. The molecule has 1 N–H and O–H groups in total. The summed E-state index contributed by atoms with van der Waals surface area (Å²) in [5.74, 6) is 0.386. The minimum absolute atomic E-state index is 0.0927. The quantitative estimate of drug-likeness (QED) is 0.769. The van der Waals surface area contributed by atoms with Gasteiger partial charge in [0.05, 0.1) is 27.5 Å². The third kappa shape index (κ3) is 2.80. The molecule has 3 aromatic rings. The zero-order chi connectivity index (χ0) is 16.8. The number of carbonyl (C=O) groups excluding carboxylic acids is 1. The van der Waals surface area contributed by atoms with Crippen molar-refractivity contribution in [2.75, 3.05) is 0 Å². The number of nitrogens with zero attached hydrogens (tertiary/aromatic N) is 3. The van der Waals surface area contributed by atoms with Crippen molar-refractivity contribution in [1.82, 2.24) is 20.1 Å². The van der Waals surface area contributed by atoms with Gasteiger partial charge in [-0.3, -0.25) is 9.48 Å². The molecule has 0 unspecified atom stereocenters. The number of hydrogen-bond donors (Lipinski definition) is 1. The molecule has 124 valence electrons. The highest BCUT2D eigenvalue weighted by Crippen LogP contribution is 2.40. The normalized spacial score (nSPS) is 14.3. The lowest BCUT2D eigenvalue weighted by atomic mass is 10.1. The standard InChI is InChI=1S/C17H17ClN4OS/c1-9-15-12(17(23)19-8-11-5-6-14(18)24-11)7-13(10-3-4-10)20-16(15)22(2)21-9/h5-7,10H,3-4,8H2,1-2H3,(H,19,23). The summed E-state index contributed by atoms with van der Waals surface area (Å²) in [7, 11) is 1.87. The fourth-order valence-electron chi connectivity index (χ4n) is 2.94. The van der Waals surface area contributed by atoms with Crippen LogP contribution in [0.25, 0.3) is 11.0 Å². The second-order valence-corrected chi connectivity index (χ2v) is 7.96. The summed E-state index contributed by atoms with van der Waals surface area (Å²) in [5, 5.41) is 8.26. The fraction of sp³-hybridized carbons (Fsp3) is 0.353. The first kappa shape index (κ1) is 15.6. The monoisotopic (exact) mass is 360 g/mol. The fourth-order valence-corrected chi connectivity index (χ4v) is 3.97. The first-order valence-electron chi connectivity index (χ1n) is 7.89. The molecule has 0 spiro atoms. The van der Waals surface area contributed by atoms with Gasteiger partial charge in [-0.1, -0.05) is 11.6 Å². The second-order valence-electron chi connectivity index (χ2n) is 6.17. The van der Waals surface area contributed by atoms with E-state index in [2.05, 4.69) is 10.4 Å². The maximum atomic E-state index is 12.8. The SMILES string of the molecule is Cc1nn(C)c2nc(C3CC3)cc(C(=O)NCc3ccc(Cl)s3)c12. The molecule has 0 saturated heterocycles. The summed E-state index contributed by atoms with van der Waals surface area (Å²) in [6, 6.07) is 5.71. The van der Waals surface area contributed by atoms with Gasteiger partial charge in [0, 0.05) is 23.5 Å². The largest absolute Gasteiger partial charge is 0.347 e. The zero-order valence-corrected chi connectivity index (χ0v) is 15.0. The highest BCUT2D eigenvalue weighted by atomic mass is 35.5. The Morgan fingerprint density at radius 2 is 2.25 bits per heavy atom. The van der Waals surface area contributed by atoms with Crippen LogP contribution in [0.1, 0.15) is 45.4 Å². The lowest BCUT2D eigenvalue weighted by Crippen LogP contribution is -2.23. The van der Waals surface area contributed by atoms with Crippen LogP contribution in [-0.2, 0) is 13.6 Å². The lowest BCUT2D eigenvalue weighted by Gasteiger charge is -2.08. The van der Waals surface area contributed by atoms with Gasteiger partial charge in [0.25, 0.3) is 5.91 Å². The van der Waals surface area contributed by atoms with Crippen molar-refractivity contribution in [3.63, 3.8) is 0 Å². The molecule has 0 radical (unpaired) electrons. The number of pyridine rings is 1. The Morgan fingerprint density at radius 1 is 1.46 bits per heavy atom. The van der Waals surface area contributed by atoms with Crippen molar-refractivity contribution >= 4 is 39.9 Å². The number of rotatable bonds is 4. The van der Waals surface area contributed by atoms with Crippen LogP contribution in [0.4, 0.5) is 0 Å². The Hall–Kier alpha value is -1.92. The number of fused-ring (bicyclic) bond motifs is 1. The van der Waals surface area contributed by atoms with Gasteiger partial charge in [0.15, 0.2) is 5.65 Å². The number of amides is 1. The summed E-state index contributed by atoms with van der Waals surface area (Å²) in [6.45, 7) is 2.38. The predicted molar refractivity (Wildman–Crippen MR) is 95.7 cm³/mol. The smallest absolute Gasteiger partial charge is 0.252 e. The average Bonchev–Trinajstić information content (AvgIpc) is 3.27. The maximum Gasteiger partial charge on any atom is 0.252 e. The van der Waals surface area contributed by atoms with E-state index >= 15 is 0 Å². The van der Waals surface area contributed by atoms with E-state index < -0.39 is 0 Å². The summed E-state index contributed by atoms with van der Waals surface area (Å²) < 4.78 is 2.48. The van der Waals surface area contributed by atoms with E-state index in [1.807, 2.05) is 32.2 Å². The molecular formula is C17H17ClN4OS. The van der Waals surface area contributed by atoms with Crippen LogP contribution in [0.15, 0.2) is 18.2 Å². The van der Waals surface area contributed by atoms with Gasteiger partial charge in [-0.05, 0) is 38.0 Å². The van der Waals surface area contributed by atoms with E-state index in [0.717, 1.165) is 44.5 Å². The number of thiophene rings is 1. The van der Waals surface area contributed by atoms with Gasteiger partial charge < -0.3 is 5.32 Å². The number of carbonyl (C=O) groups is 1. The molecule has 24 heavy (non-hydrogen) atoms. The topological polar surface area (TPSA) is 59.8 Å². The van der Waals surface area contributed by atoms with Crippen LogP contribution in [-0.4, -0.2) is 20.7 Å². The van der Waals surface area contributed by atoms with Gasteiger partial charge in [-0.25, -0.2) is 4.98 Å². The van der Waals surface area contributed by atoms with Crippen LogP contribution >= 0.6 is 22.9 Å². The van der Waals surface area contributed by atoms with Crippen molar-refractivity contribution in [3.8, 4) is 0 Å². The highest BCUT2D eigenvalue weighted by Gasteiger charge is 2.28. The first-order chi connectivity index (χ1) is 11.5. The number of hydrogen-bond acceptors (Lipinski definition) is 4. The van der Waals surface area contributed by atoms with Crippen molar-refractivity contribution in [2.24, 2.45) is 7.05 Å². The van der Waals surface area contributed by atoms with E-state index in [4.69, 9.17) is 16.6 Å². The second kappa shape index (κ2) is 5.86. The molecule has 7 heteroatoms. The van der Waals surface area contributed by atoms with Crippen molar-refractivity contribution in [1.29, 1.82) is 0 Å². The molecule has 0 bridgehead atoms. The molecule has 0 aromatic carbocycles. The van der Waals surface area contributed by atoms with Gasteiger partial charge in [0.1, 0.15) is 0 Å². The lowest BCUT2D eigenvalue weighted by molar-refractivity contribution is 0.0952. The van der Waals surface area contributed by atoms with Gasteiger partial charge in [-0.2, -0.15) is 5.10 Å². The average molecular weight is 361 g/mol. The Labute approximate surface area is 148 Å². The minimum Gasteiger partial charge on any atom is -0.347 e. The Balaban J connectivity index is 1.69. The molecule has 0 aliphatic heterocycles. The van der Waals surface area contributed by atoms with Crippen molar-refractivity contribution in [3.05, 3.63) is 44.4 Å². The number of aryl methyl sites for hydroxylation is 2. The highest BCUT2D eigenvalue weighted by molar-refractivity contribution is 7.16. The van der Waals surface area contributed by atoms with E-state index in [1.54, 1.807) is 4.68 Å². The van der Waals surface area contributed by atoms with Crippen molar-refractivity contribution in [2.45, 2.75) is 32.2 Å². The van der Waals surface area contributed by atoms with Gasteiger partial charge in [0.2, 0.25) is 0 Å². The molecule has 0 atom stereocenters. The predicted octanol–water partition coefficient (Wildman–Crippen LogP) is 3.80. The third-order valence-electron chi connectivity index (χ3n) is 4.28. The molecule has 4 rings (SSSR count). The minimum atomic E-state index is -0.0927. The summed E-state index contributed by atoms with van der Waals surface area (Å²) in [6.07, 6.45) is 2.29. The summed E-state index contributed by atoms with van der Waals surface area (Å²) >= 11 is 7.42. The van der Waals surface area contributed by atoms with Crippen LogP contribution in [0.5, 0.6) is 0 Å². The molecule has 1 aliphatic rings. The molecular weight excluding hydrogens is 344 g/mol. The Morgan fingerprint density at radius 3 is 2.92 bits per heavy atom. The van der Waals surface area contributed by atoms with Crippen molar-refractivity contribution < 1.29 is 4.79 Å². The van der Waals surface area contributed by atoms with Crippen LogP contribution in [0.3, 0.4) is 0 Å². The molecule has 1 aliphatic carbocycles. The maximum absolute atomic E-state index is 12.8. The van der Waals surface area contributed by atoms with Gasteiger partial charge in [-0.15, -0.1) is 11.3 Å². The molecule has 3 aromatic heterocycles. The molecule has 1 saturated carbocycles. The molecule has 1 fully saturated rings. The van der Waals surface area contributed by atoms with Gasteiger partial charge >= 0.3 is 0 Å². The summed E-state index contributed by atoms with van der Waals surface area (Å²) in [5.41, 5.74) is 3.26. The van der Waals surface area contributed by atoms with Crippen LogP contribution in [0.2, 0.25) is 4.34 Å². The first-order valence-corrected chi connectivity index (χ1v) is 9.09. The molecule has 1 amide bonds. The van der Waals surface area contributed by atoms with E-state index in [-0.39, 0.29) is 5.91 Å². The summed E-state index contributed by atoms with van der Waals surface area (Å²) in [4.78, 5) is 18.6. The Kier molecular flexibility index (Phi) is 3.81.